The summed E-state index contributed by atoms with van der Waals surface area (Å²) in [5.41, 5.74) is 1.97. The molecule has 170 valence electrons. The Balaban J connectivity index is 1.97. The zero-order valence-corrected chi connectivity index (χ0v) is 20.1. The largest absolute Gasteiger partial charge is 0.468 e. The van der Waals surface area contributed by atoms with E-state index >= 15 is 0 Å². The summed E-state index contributed by atoms with van der Waals surface area (Å²) in [5, 5.41) is 6.19. The number of amides is 1. The summed E-state index contributed by atoms with van der Waals surface area (Å²) in [5.74, 6) is 0. The van der Waals surface area contributed by atoms with Crippen molar-refractivity contribution >= 4 is 30.4 Å². The van der Waals surface area contributed by atoms with Crippen LogP contribution in [0.25, 0.3) is 11.1 Å². The summed E-state index contributed by atoms with van der Waals surface area (Å²) in [6, 6.07) is 27.7. The minimum atomic E-state index is -3.06. The van der Waals surface area contributed by atoms with Crippen LogP contribution in [0, 0.1) is 0 Å². The molecule has 0 spiro atoms. The van der Waals surface area contributed by atoms with Crippen LogP contribution in [0.4, 0.5) is 4.79 Å². The lowest BCUT2D eigenvalue weighted by molar-refractivity contribution is 0.0977. The van der Waals surface area contributed by atoms with E-state index in [1.54, 1.807) is 0 Å². The molecule has 6 nitrogen and oxygen atoms in total. The summed E-state index contributed by atoms with van der Waals surface area (Å²) in [7, 11) is -3.06. The zero-order valence-electron chi connectivity index (χ0n) is 19.2. The maximum atomic E-state index is 13.4. The molecule has 0 N–H and O–H groups in total. The number of hydrogen-bond acceptors (Lipinski definition) is 5. The van der Waals surface area contributed by atoms with Crippen molar-refractivity contribution in [2.24, 2.45) is 5.10 Å². The van der Waals surface area contributed by atoms with Crippen LogP contribution >= 0.6 is 7.64 Å². The summed E-state index contributed by atoms with van der Waals surface area (Å²) >= 11 is 0. The van der Waals surface area contributed by atoms with Crippen molar-refractivity contribution in [2.75, 3.05) is 0 Å². The van der Waals surface area contributed by atoms with Gasteiger partial charge in [0.05, 0.1) is 12.2 Å². The second kappa shape index (κ2) is 9.63. The van der Waals surface area contributed by atoms with Crippen LogP contribution in [0.5, 0.6) is 0 Å². The highest BCUT2D eigenvalue weighted by molar-refractivity contribution is 7.84. The SMILES string of the molecule is CC(C)OC(=O)N1N=C(OC(C)C)O[P+]1(c1ccccc1)c1ccccc1-c1ccccc1. The third-order valence-corrected chi connectivity index (χ3v) is 8.16. The third kappa shape index (κ3) is 4.57. The Morgan fingerprint density at radius 3 is 2.09 bits per heavy atom. The van der Waals surface area contributed by atoms with Gasteiger partial charge >= 0.3 is 19.8 Å². The van der Waals surface area contributed by atoms with Crippen molar-refractivity contribution in [3.8, 4) is 11.1 Å². The topological polar surface area (TPSA) is 60.4 Å². The highest BCUT2D eigenvalue weighted by Gasteiger charge is 2.64. The van der Waals surface area contributed by atoms with Gasteiger partial charge in [0.1, 0.15) is 0 Å². The molecule has 1 atom stereocenters. The van der Waals surface area contributed by atoms with Crippen LogP contribution in [-0.4, -0.2) is 29.2 Å². The van der Waals surface area contributed by atoms with E-state index in [4.69, 9.17) is 14.0 Å². The van der Waals surface area contributed by atoms with Crippen LogP contribution in [0.2, 0.25) is 0 Å². The fraction of sp³-hybridized carbons (Fsp3) is 0.231. The highest BCUT2D eigenvalue weighted by atomic mass is 31.2. The van der Waals surface area contributed by atoms with Crippen molar-refractivity contribution in [3.63, 3.8) is 0 Å². The van der Waals surface area contributed by atoms with Gasteiger partial charge in [-0.1, -0.05) is 66.7 Å². The summed E-state index contributed by atoms with van der Waals surface area (Å²) in [6.45, 7) is 7.40. The van der Waals surface area contributed by atoms with E-state index in [-0.39, 0.29) is 18.3 Å². The normalized spacial score (nSPS) is 17.6. The second-order valence-electron chi connectivity index (χ2n) is 8.14. The number of hydrazone groups is 1. The van der Waals surface area contributed by atoms with Gasteiger partial charge in [-0.25, -0.2) is 4.79 Å². The molecule has 1 amide bonds. The molecule has 3 aromatic rings. The molecule has 3 aromatic carbocycles. The number of rotatable bonds is 5. The van der Waals surface area contributed by atoms with E-state index < -0.39 is 13.7 Å². The van der Waals surface area contributed by atoms with Gasteiger partial charge in [0.15, 0.2) is 10.6 Å². The first-order valence-electron chi connectivity index (χ1n) is 11.0. The maximum absolute atomic E-state index is 13.4. The van der Waals surface area contributed by atoms with Gasteiger partial charge < -0.3 is 9.47 Å². The van der Waals surface area contributed by atoms with Gasteiger partial charge in [0.2, 0.25) is 0 Å². The van der Waals surface area contributed by atoms with Gasteiger partial charge in [0.25, 0.3) is 0 Å². The monoisotopic (exact) mass is 463 g/mol. The lowest BCUT2D eigenvalue weighted by Crippen LogP contribution is -2.38. The van der Waals surface area contributed by atoms with E-state index in [1.165, 1.54) is 4.78 Å². The molecule has 4 rings (SSSR count). The number of ether oxygens (including phenoxy) is 2. The van der Waals surface area contributed by atoms with Gasteiger partial charge in [0, 0.05) is 5.56 Å². The first-order chi connectivity index (χ1) is 15.9. The Hall–Kier alpha value is -3.37. The molecule has 33 heavy (non-hydrogen) atoms. The zero-order chi connectivity index (χ0) is 23.4. The van der Waals surface area contributed by atoms with E-state index in [9.17, 15) is 4.79 Å². The summed E-state index contributed by atoms with van der Waals surface area (Å²) < 4.78 is 19.4. The van der Waals surface area contributed by atoms with Crippen molar-refractivity contribution in [3.05, 3.63) is 84.9 Å². The fourth-order valence-electron chi connectivity index (χ4n) is 3.64. The van der Waals surface area contributed by atoms with Crippen LogP contribution in [0.1, 0.15) is 27.7 Å². The van der Waals surface area contributed by atoms with Crippen LogP contribution in [-0.2, 0) is 14.0 Å². The molecule has 0 aliphatic carbocycles. The highest BCUT2D eigenvalue weighted by Crippen LogP contribution is 2.65. The van der Waals surface area contributed by atoms with E-state index in [0.29, 0.717) is 0 Å². The Kier molecular flexibility index (Phi) is 6.66. The third-order valence-electron chi connectivity index (χ3n) is 4.91. The molecule has 1 aliphatic heterocycles. The van der Waals surface area contributed by atoms with E-state index in [2.05, 4.69) is 5.10 Å². The smallest absolute Gasteiger partial charge is 0.444 e. The molecule has 0 fully saturated rings. The van der Waals surface area contributed by atoms with Crippen molar-refractivity contribution in [1.82, 2.24) is 4.78 Å². The minimum Gasteiger partial charge on any atom is -0.444 e. The van der Waals surface area contributed by atoms with E-state index in [1.807, 2.05) is 113 Å². The Morgan fingerprint density at radius 2 is 1.45 bits per heavy atom. The van der Waals surface area contributed by atoms with Crippen LogP contribution < -0.4 is 10.6 Å². The Bertz CT molecular complexity index is 1140. The van der Waals surface area contributed by atoms with Crippen molar-refractivity contribution in [2.45, 2.75) is 39.9 Å². The molecule has 0 saturated carbocycles. The van der Waals surface area contributed by atoms with E-state index in [0.717, 1.165) is 21.7 Å². The van der Waals surface area contributed by atoms with Crippen LogP contribution in [0.15, 0.2) is 90.0 Å². The predicted molar refractivity (Wildman–Crippen MR) is 133 cm³/mol. The molecule has 0 saturated heterocycles. The van der Waals surface area contributed by atoms with Gasteiger partial charge in [-0.3, -0.25) is 4.52 Å². The maximum Gasteiger partial charge on any atom is 0.468 e. The van der Waals surface area contributed by atoms with Crippen molar-refractivity contribution < 1.29 is 18.8 Å². The van der Waals surface area contributed by atoms with Gasteiger partial charge in [-0.2, -0.15) is 0 Å². The molecule has 0 radical (unpaired) electrons. The van der Waals surface area contributed by atoms with Gasteiger partial charge in [-0.15, -0.1) is 0 Å². The summed E-state index contributed by atoms with van der Waals surface area (Å²) in [6.07, 6.45) is -1.00. The fourth-order valence-corrected chi connectivity index (χ4v) is 6.80. The number of nitrogens with zero attached hydrogens (tertiary/aromatic N) is 2. The number of benzene rings is 3. The van der Waals surface area contributed by atoms with Crippen LogP contribution in [0.3, 0.4) is 0 Å². The average Bonchev–Trinajstić information content (AvgIpc) is 3.19. The number of hydrogen-bond donors (Lipinski definition) is 0. The van der Waals surface area contributed by atoms with Crippen molar-refractivity contribution in [1.29, 1.82) is 0 Å². The predicted octanol–water partition coefficient (Wildman–Crippen LogP) is 5.73. The van der Waals surface area contributed by atoms with Gasteiger partial charge in [-0.05, 0) is 61.3 Å². The molecule has 0 aromatic heterocycles. The molecule has 7 heteroatoms. The quantitative estimate of drug-likeness (QED) is 0.454. The average molecular weight is 463 g/mol. The standard InChI is InChI=1S/C26H28N2O4P/c1-19(2)30-25-27-28(26(29)31-20(3)4)33(32-25,22-15-9-6-10-16-22)24-18-12-11-17-23(24)21-13-7-5-8-14-21/h5-20H,1-4H3/q+1. The molecule has 0 bridgehead atoms. The summed E-state index contributed by atoms with van der Waals surface area (Å²) in [4.78, 5) is 13.4. The molecular formula is C26H28N2O4P+. The Labute approximate surface area is 195 Å². The number of carbonyl (C=O) groups excluding carboxylic acids is 1. The molecule has 1 unspecified atom stereocenters. The minimum absolute atomic E-state index is 0.0609. The molecular weight excluding hydrogens is 435 g/mol. The lowest BCUT2D eigenvalue weighted by Gasteiger charge is -2.26. The first kappa shape index (κ1) is 22.8. The Morgan fingerprint density at radius 1 is 0.848 bits per heavy atom. The second-order valence-corrected chi connectivity index (χ2v) is 10.9. The molecule has 1 aliphatic rings. The number of carbonyl (C=O) groups is 1. The first-order valence-corrected chi connectivity index (χ1v) is 12.6. The molecule has 1 heterocycles. The lowest BCUT2D eigenvalue weighted by atomic mass is 10.1.